The van der Waals surface area contributed by atoms with E-state index in [2.05, 4.69) is 27.8 Å². The summed E-state index contributed by atoms with van der Waals surface area (Å²) < 4.78 is 13.9. The summed E-state index contributed by atoms with van der Waals surface area (Å²) in [7, 11) is 0. The van der Waals surface area contributed by atoms with Crippen molar-refractivity contribution < 1.29 is 4.39 Å². The number of hydrogen-bond donors (Lipinski definition) is 0. The van der Waals surface area contributed by atoms with E-state index in [1.807, 2.05) is 6.07 Å². The van der Waals surface area contributed by atoms with E-state index in [0.717, 1.165) is 23.5 Å². The molecule has 1 aliphatic rings. The van der Waals surface area contributed by atoms with Gasteiger partial charge >= 0.3 is 0 Å². The predicted octanol–water partition coefficient (Wildman–Crippen LogP) is 4.21. The molecule has 2 rings (SSSR count). The van der Waals surface area contributed by atoms with Gasteiger partial charge in [-0.15, -0.1) is 0 Å². The van der Waals surface area contributed by atoms with E-state index in [1.165, 1.54) is 37.4 Å². The lowest BCUT2D eigenvalue weighted by molar-refractivity contribution is 0.178. The van der Waals surface area contributed by atoms with E-state index in [1.54, 1.807) is 6.07 Å². The van der Waals surface area contributed by atoms with Crippen LogP contribution in [0.15, 0.2) is 22.7 Å². The number of benzene rings is 1. The van der Waals surface area contributed by atoms with Gasteiger partial charge in [0.2, 0.25) is 0 Å². The monoisotopic (exact) mass is 299 g/mol. The van der Waals surface area contributed by atoms with Crippen molar-refractivity contribution in [3.8, 4) is 0 Å². The highest BCUT2D eigenvalue weighted by molar-refractivity contribution is 9.10. The Hall–Kier alpha value is -0.410. The average Bonchev–Trinajstić information content (AvgIpc) is 2.24. The number of rotatable bonds is 5. The fourth-order valence-electron chi connectivity index (χ4n) is 2.24. The lowest BCUT2D eigenvalue weighted by Crippen LogP contribution is -2.32. The highest BCUT2D eigenvalue weighted by Crippen LogP contribution is 2.28. The molecule has 0 N–H and O–H groups in total. The van der Waals surface area contributed by atoms with Gasteiger partial charge in [-0.3, -0.25) is 4.90 Å². The molecule has 0 amide bonds. The third kappa shape index (κ3) is 3.52. The molecule has 0 saturated heterocycles. The molecule has 17 heavy (non-hydrogen) atoms. The minimum atomic E-state index is -0.178. The van der Waals surface area contributed by atoms with Gasteiger partial charge in [0.15, 0.2) is 0 Å². The lowest BCUT2D eigenvalue weighted by atomic mass is 9.85. The van der Waals surface area contributed by atoms with Crippen molar-refractivity contribution in [1.29, 1.82) is 0 Å². The zero-order chi connectivity index (χ0) is 12.3. The fourth-order valence-corrected chi connectivity index (χ4v) is 2.71. The lowest BCUT2D eigenvalue weighted by Gasteiger charge is -2.32. The van der Waals surface area contributed by atoms with Gasteiger partial charge in [-0.1, -0.05) is 35.3 Å². The van der Waals surface area contributed by atoms with Gasteiger partial charge in [-0.05, 0) is 43.0 Å². The van der Waals surface area contributed by atoms with Crippen LogP contribution < -0.4 is 0 Å². The summed E-state index contributed by atoms with van der Waals surface area (Å²) in [5.41, 5.74) is 1.17. The first-order chi connectivity index (χ1) is 8.19. The Morgan fingerprint density at radius 1 is 1.41 bits per heavy atom. The zero-order valence-electron chi connectivity index (χ0n) is 10.3. The Morgan fingerprint density at radius 2 is 2.18 bits per heavy atom. The maximum absolute atomic E-state index is 13.0. The van der Waals surface area contributed by atoms with Gasteiger partial charge in [-0.2, -0.15) is 0 Å². The van der Waals surface area contributed by atoms with Crippen molar-refractivity contribution >= 4 is 15.9 Å². The van der Waals surface area contributed by atoms with Crippen LogP contribution in [0.1, 0.15) is 31.7 Å². The van der Waals surface area contributed by atoms with Crippen molar-refractivity contribution in [3.63, 3.8) is 0 Å². The molecule has 1 aliphatic carbocycles. The Bertz CT molecular complexity index is 376. The highest BCUT2D eigenvalue weighted by Gasteiger charge is 2.20. The summed E-state index contributed by atoms with van der Waals surface area (Å²) in [5, 5.41) is 0. The molecule has 0 aromatic heterocycles. The van der Waals surface area contributed by atoms with E-state index in [-0.39, 0.29) is 5.82 Å². The summed E-state index contributed by atoms with van der Waals surface area (Å²) >= 11 is 3.44. The molecule has 0 radical (unpaired) electrons. The van der Waals surface area contributed by atoms with Crippen LogP contribution in [-0.2, 0) is 6.54 Å². The molecular weight excluding hydrogens is 281 g/mol. The second-order valence-corrected chi connectivity index (χ2v) is 5.71. The Labute approximate surface area is 111 Å². The van der Waals surface area contributed by atoms with Gasteiger partial charge in [0.1, 0.15) is 5.82 Å². The molecular formula is C14H19BrFN. The molecule has 3 heteroatoms. The normalized spacial score (nSPS) is 16.2. The molecule has 0 bridgehead atoms. The highest BCUT2D eigenvalue weighted by atomic mass is 79.9. The van der Waals surface area contributed by atoms with Gasteiger partial charge in [0.05, 0.1) is 0 Å². The molecule has 0 aliphatic heterocycles. The van der Waals surface area contributed by atoms with Gasteiger partial charge in [-0.25, -0.2) is 4.39 Å². The Balaban J connectivity index is 1.96. The van der Waals surface area contributed by atoms with Crippen LogP contribution in [0.25, 0.3) is 0 Å². The maximum atomic E-state index is 13.0. The van der Waals surface area contributed by atoms with Crippen molar-refractivity contribution in [2.24, 2.45) is 5.92 Å². The fraction of sp³-hybridized carbons (Fsp3) is 0.571. The second-order valence-electron chi connectivity index (χ2n) is 4.86. The molecule has 0 spiro atoms. The summed E-state index contributed by atoms with van der Waals surface area (Å²) in [5.74, 6) is 0.705. The van der Waals surface area contributed by atoms with E-state index in [0.29, 0.717) is 0 Å². The number of halogens is 2. The summed E-state index contributed by atoms with van der Waals surface area (Å²) in [6, 6.07) is 4.96. The topological polar surface area (TPSA) is 3.24 Å². The van der Waals surface area contributed by atoms with Crippen molar-refractivity contribution in [2.75, 3.05) is 13.1 Å². The smallest absolute Gasteiger partial charge is 0.124 e. The summed E-state index contributed by atoms with van der Waals surface area (Å²) in [6.07, 6.45) is 4.14. The Morgan fingerprint density at radius 3 is 2.71 bits per heavy atom. The number of hydrogen-bond acceptors (Lipinski definition) is 1. The van der Waals surface area contributed by atoms with Crippen LogP contribution in [0.2, 0.25) is 0 Å². The third-order valence-corrected chi connectivity index (χ3v) is 4.34. The molecule has 0 heterocycles. The predicted molar refractivity (Wildman–Crippen MR) is 72.4 cm³/mol. The van der Waals surface area contributed by atoms with Crippen molar-refractivity contribution in [3.05, 3.63) is 34.1 Å². The summed E-state index contributed by atoms with van der Waals surface area (Å²) in [6.45, 7) is 5.34. The second kappa shape index (κ2) is 5.96. The quantitative estimate of drug-likeness (QED) is 0.787. The molecule has 1 nitrogen and oxygen atoms in total. The number of nitrogens with zero attached hydrogens (tertiary/aromatic N) is 1. The van der Waals surface area contributed by atoms with Crippen molar-refractivity contribution in [1.82, 2.24) is 4.90 Å². The van der Waals surface area contributed by atoms with Gasteiger partial charge < -0.3 is 0 Å². The van der Waals surface area contributed by atoms with Crippen LogP contribution in [0.4, 0.5) is 4.39 Å². The van der Waals surface area contributed by atoms with E-state index < -0.39 is 0 Å². The Kier molecular flexibility index (Phi) is 4.57. The van der Waals surface area contributed by atoms with E-state index in [9.17, 15) is 4.39 Å². The molecule has 1 aromatic rings. The first kappa shape index (κ1) is 13.0. The third-order valence-electron chi connectivity index (χ3n) is 3.60. The molecule has 94 valence electrons. The van der Waals surface area contributed by atoms with E-state index in [4.69, 9.17) is 0 Å². The minimum absolute atomic E-state index is 0.178. The van der Waals surface area contributed by atoms with Gasteiger partial charge in [0.25, 0.3) is 0 Å². The SMILES string of the molecule is CCN(Cc1ccc(F)cc1Br)CC1CCC1. The van der Waals surface area contributed by atoms with Crippen molar-refractivity contribution in [2.45, 2.75) is 32.7 Å². The van der Waals surface area contributed by atoms with E-state index >= 15 is 0 Å². The average molecular weight is 300 g/mol. The largest absolute Gasteiger partial charge is 0.299 e. The standard InChI is InChI=1S/C14H19BrFN/c1-2-17(9-11-4-3-5-11)10-12-6-7-13(16)8-14(12)15/h6-8,11H,2-5,9-10H2,1H3. The van der Waals surface area contributed by atoms with Gasteiger partial charge in [0, 0.05) is 17.6 Å². The summed E-state index contributed by atoms with van der Waals surface area (Å²) in [4.78, 5) is 2.45. The molecule has 1 saturated carbocycles. The van der Waals surface area contributed by atoms with Crippen LogP contribution in [0.3, 0.4) is 0 Å². The minimum Gasteiger partial charge on any atom is -0.299 e. The molecule has 0 unspecified atom stereocenters. The van der Waals surface area contributed by atoms with Crippen LogP contribution in [0.5, 0.6) is 0 Å². The van der Waals surface area contributed by atoms with Crippen LogP contribution in [0, 0.1) is 11.7 Å². The molecule has 1 aromatic carbocycles. The molecule has 1 fully saturated rings. The van der Waals surface area contributed by atoms with Crippen LogP contribution in [-0.4, -0.2) is 18.0 Å². The zero-order valence-corrected chi connectivity index (χ0v) is 11.8. The maximum Gasteiger partial charge on any atom is 0.124 e. The first-order valence-electron chi connectivity index (χ1n) is 6.35. The molecule has 0 atom stereocenters. The first-order valence-corrected chi connectivity index (χ1v) is 7.14. The van der Waals surface area contributed by atoms with Crippen LogP contribution >= 0.6 is 15.9 Å².